The number of ether oxygens (including phenoxy) is 1. The zero-order chi connectivity index (χ0) is 17.4. The monoisotopic (exact) mass is 323 g/mol. The molecule has 0 atom stereocenters. The lowest BCUT2D eigenvalue weighted by atomic mass is 10.1. The Morgan fingerprint density at radius 3 is 2.54 bits per heavy atom. The van der Waals surface area contributed by atoms with Gasteiger partial charge in [0.2, 0.25) is 5.91 Å². The average molecular weight is 323 g/mol. The number of hydrogen-bond acceptors (Lipinski definition) is 4. The van der Waals surface area contributed by atoms with E-state index in [0.29, 0.717) is 12.1 Å². The van der Waals surface area contributed by atoms with Gasteiger partial charge in [-0.25, -0.2) is 0 Å². The molecular formula is C19H21N3O2. The minimum absolute atomic E-state index is 0.0866. The standard InChI is InChI=1S/C19H21N3O2/c1-3-22(13-16-7-5-4-6-15(16)12-20)14-19(23)21-17-8-10-18(24-2)11-9-17/h4-11H,3,13-14H2,1-2H3,(H,21,23). The molecule has 5 nitrogen and oxygen atoms in total. The van der Waals surface area contributed by atoms with Crippen LogP contribution in [0.2, 0.25) is 0 Å². The summed E-state index contributed by atoms with van der Waals surface area (Å²) in [6.45, 7) is 3.55. The molecule has 0 fully saturated rings. The van der Waals surface area contributed by atoms with Crippen LogP contribution in [0.4, 0.5) is 5.69 Å². The summed E-state index contributed by atoms with van der Waals surface area (Å²) in [7, 11) is 1.60. The van der Waals surface area contributed by atoms with Gasteiger partial charge in [0.15, 0.2) is 0 Å². The molecule has 2 aromatic rings. The predicted molar refractivity (Wildman–Crippen MR) is 93.7 cm³/mol. The molecule has 0 heterocycles. The lowest BCUT2D eigenvalue weighted by molar-refractivity contribution is -0.117. The van der Waals surface area contributed by atoms with E-state index in [4.69, 9.17) is 10.00 Å². The number of amides is 1. The van der Waals surface area contributed by atoms with Crippen LogP contribution in [0.1, 0.15) is 18.1 Å². The molecule has 0 radical (unpaired) electrons. The minimum Gasteiger partial charge on any atom is -0.497 e. The number of hydrogen-bond donors (Lipinski definition) is 1. The summed E-state index contributed by atoms with van der Waals surface area (Å²) >= 11 is 0. The Hall–Kier alpha value is -2.84. The maximum Gasteiger partial charge on any atom is 0.238 e. The third kappa shape index (κ3) is 4.83. The summed E-state index contributed by atoms with van der Waals surface area (Å²) in [5, 5.41) is 12.0. The van der Waals surface area contributed by atoms with Crippen LogP contribution in [-0.4, -0.2) is 31.0 Å². The van der Waals surface area contributed by atoms with Gasteiger partial charge in [0.1, 0.15) is 5.75 Å². The van der Waals surface area contributed by atoms with Crippen molar-refractivity contribution in [1.82, 2.24) is 4.90 Å². The highest BCUT2D eigenvalue weighted by Gasteiger charge is 2.12. The van der Waals surface area contributed by atoms with Crippen molar-refractivity contribution in [2.75, 3.05) is 25.5 Å². The van der Waals surface area contributed by atoms with Crippen LogP contribution in [0.25, 0.3) is 0 Å². The number of anilines is 1. The topological polar surface area (TPSA) is 65.4 Å². The van der Waals surface area contributed by atoms with Crippen molar-refractivity contribution in [3.8, 4) is 11.8 Å². The number of likely N-dealkylation sites (N-methyl/N-ethyl adjacent to an activating group) is 1. The first-order valence-electron chi connectivity index (χ1n) is 7.80. The Morgan fingerprint density at radius 2 is 1.92 bits per heavy atom. The third-order valence-electron chi connectivity index (χ3n) is 3.72. The van der Waals surface area contributed by atoms with Gasteiger partial charge in [-0.2, -0.15) is 5.26 Å². The van der Waals surface area contributed by atoms with Crippen molar-refractivity contribution in [3.05, 3.63) is 59.7 Å². The maximum absolute atomic E-state index is 12.2. The van der Waals surface area contributed by atoms with Crippen LogP contribution in [0.5, 0.6) is 5.75 Å². The van der Waals surface area contributed by atoms with Crippen LogP contribution in [0, 0.1) is 11.3 Å². The Kier molecular flexibility index (Phi) is 6.35. The van der Waals surface area contributed by atoms with E-state index in [1.165, 1.54) is 0 Å². The number of carbonyl (C=O) groups excluding carboxylic acids is 1. The van der Waals surface area contributed by atoms with Gasteiger partial charge < -0.3 is 10.1 Å². The fourth-order valence-electron chi connectivity index (χ4n) is 2.37. The smallest absolute Gasteiger partial charge is 0.238 e. The van der Waals surface area contributed by atoms with E-state index < -0.39 is 0 Å². The second-order valence-electron chi connectivity index (χ2n) is 5.35. The van der Waals surface area contributed by atoms with Gasteiger partial charge in [0.05, 0.1) is 25.3 Å². The van der Waals surface area contributed by atoms with Crippen LogP contribution in [0.3, 0.4) is 0 Å². The van der Waals surface area contributed by atoms with E-state index in [9.17, 15) is 4.79 Å². The van der Waals surface area contributed by atoms with Crippen LogP contribution < -0.4 is 10.1 Å². The molecule has 1 amide bonds. The molecule has 0 aliphatic carbocycles. The molecule has 0 saturated heterocycles. The Morgan fingerprint density at radius 1 is 1.21 bits per heavy atom. The van der Waals surface area contributed by atoms with E-state index in [1.807, 2.05) is 30.0 Å². The normalized spacial score (nSPS) is 10.2. The molecule has 2 rings (SSSR count). The second kappa shape index (κ2) is 8.70. The van der Waals surface area contributed by atoms with Crippen molar-refractivity contribution in [3.63, 3.8) is 0 Å². The number of nitrogens with one attached hydrogen (secondary N) is 1. The summed E-state index contributed by atoms with van der Waals surface area (Å²) in [5.41, 5.74) is 2.31. The van der Waals surface area contributed by atoms with Gasteiger partial charge in [0.25, 0.3) is 0 Å². The molecule has 2 aromatic carbocycles. The Balaban J connectivity index is 1.96. The lowest BCUT2D eigenvalue weighted by Gasteiger charge is -2.20. The summed E-state index contributed by atoms with van der Waals surface area (Å²) in [6.07, 6.45) is 0. The quantitative estimate of drug-likeness (QED) is 0.850. The van der Waals surface area contributed by atoms with Crippen LogP contribution in [-0.2, 0) is 11.3 Å². The van der Waals surface area contributed by atoms with E-state index in [-0.39, 0.29) is 12.5 Å². The molecular weight excluding hydrogens is 302 g/mol. The first-order valence-corrected chi connectivity index (χ1v) is 7.80. The highest BCUT2D eigenvalue weighted by atomic mass is 16.5. The zero-order valence-corrected chi connectivity index (χ0v) is 14.0. The Bertz CT molecular complexity index is 720. The molecule has 0 aliphatic rings. The number of carbonyl (C=O) groups is 1. The largest absolute Gasteiger partial charge is 0.497 e. The predicted octanol–water partition coefficient (Wildman–Crippen LogP) is 3.03. The molecule has 0 bridgehead atoms. The summed E-state index contributed by atoms with van der Waals surface area (Å²) < 4.78 is 5.10. The number of methoxy groups -OCH3 is 1. The van der Waals surface area contributed by atoms with Gasteiger partial charge in [-0.15, -0.1) is 0 Å². The molecule has 0 aromatic heterocycles. The van der Waals surface area contributed by atoms with Crippen molar-refractivity contribution in [2.24, 2.45) is 0 Å². The van der Waals surface area contributed by atoms with Gasteiger partial charge >= 0.3 is 0 Å². The van der Waals surface area contributed by atoms with Crippen molar-refractivity contribution in [2.45, 2.75) is 13.5 Å². The lowest BCUT2D eigenvalue weighted by Crippen LogP contribution is -2.33. The highest BCUT2D eigenvalue weighted by Crippen LogP contribution is 2.15. The number of nitrogens with zero attached hydrogens (tertiary/aromatic N) is 2. The first-order chi connectivity index (χ1) is 11.7. The Labute approximate surface area is 142 Å². The molecule has 0 spiro atoms. The molecule has 124 valence electrons. The summed E-state index contributed by atoms with van der Waals surface area (Å²) in [4.78, 5) is 14.2. The van der Waals surface area contributed by atoms with Crippen LogP contribution >= 0.6 is 0 Å². The number of benzene rings is 2. The van der Waals surface area contributed by atoms with Gasteiger partial charge in [-0.1, -0.05) is 25.1 Å². The summed E-state index contributed by atoms with van der Waals surface area (Å²) in [6, 6.07) is 16.9. The van der Waals surface area contributed by atoms with Gasteiger partial charge in [0, 0.05) is 12.2 Å². The van der Waals surface area contributed by atoms with Crippen molar-refractivity contribution >= 4 is 11.6 Å². The van der Waals surface area contributed by atoms with Crippen molar-refractivity contribution in [1.29, 1.82) is 5.26 Å². The second-order valence-corrected chi connectivity index (χ2v) is 5.35. The highest BCUT2D eigenvalue weighted by molar-refractivity contribution is 5.92. The number of nitriles is 1. The van der Waals surface area contributed by atoms with Gasteiger partial charge in [-0.3, -0.25) is 9.69 Å². The molecule has 0 aliphatic heterocycles. The first kappa shape index (κ1) is 17.5. The van der Waals surface area contributed by atoms with E-state index in [1.54, 1.807) is 37.4 Å². The fraction of sp³-hybridized carbons (Fsp3) is 0.263. The fourth-order valence-corrected chi connectivity index (χ4v) is 2.37. The van der Waals surface area contributed by atoms with E-state index in [0.717, 1.165) is 23.5 Å². The summed E-state index contributed by atoms with van der Waals surface area (Å²) in [5.74, 6) is 0.660. The molecule has 5 heteroatoms. The third-order valence-corrected chi connectivity index (χ3v) is 3.72. The van der Waals surface area contributed by atoms with E-state index in [2.05, 4.69) is 11.4 Å². The molecule has 24 heavy (non-hydrogen) atoms. The van der Waals surface area contributed by atoms with Crippen molar-refractivity contribution < 1.29 is 9.53 Å². The molecule has 0 saturated carbocycles. The van der Waals surface area contributed by atoms with Gasteiger partial charge in [-0.05, 0) is 42.4 Å². The minimum atomic E-state index is -0.0866. The maximum atomic E-state index is 12.2. The average Bonchev–Trinajstić information content (AvgIpc) is 2.62. The van der Waals surface area contributed by atoms with E-state index >= 15 is 0 Å². The molecule has 1 N–H and O–H groups in total. The van der Waals surface area contributed by atoms with Crippen LogP contribution in [0.15, 0.2) is 48.5 Å². The number of rotatable bonds is 7. The zero-order valence-electron chi connectivity index (χ0n) is 14.0. The molecule has 0 unspecified atom stereocenters. The SMILES string of the molecule is CCN(CC(=O)Nc1ccc(OC)cc1)Cc1ccccc1C#N.